The molecule has 1 aliphatic carbocycles. The molecule has 0 saturated heterocycles. The highest BCUT2D eigenvalue weighted by Gasteiger charge is 2.26. The highest BCUT2D eigenvalue weighted by Crippen LogP contribution is 2.29. The maximum atomic E-state index is 12.1. The number of nitrogens with zero attached hydrogens (tertiary/aromatic N) is 2. The monoisotopic (exact) mass is 248 g/mol. The number of hydrogen-bond acceptors (Lipinski definition) is 3. The first-order chi connectivity index (χ1) is 8.61. The smallest absolute Gasteiger partial charge is 0.337 e. The quantitative estimate of drug-likeness (QED) is 0.860. The van der Waals surface area contributed by atoms with Crippen molar-refractivity contribution in [3.05, 3.63) is 29.6 Å². The van der Waals surface area contributed by atoms with Crippen LogP contribution in [0, 0.1) is 5.92 Å². The summed E-state index contributed by atoms with van der Waals surface area (Å²) in [5.41, 5.74) is 0.402. The summed E-state index contributed by atoms with van der Waals surface area (Å²) in [6.45, 7) is 3.36. The minimum Gasteiger partial charge on any atom is -0.478 e. The van der Waals surface area contributed by atoms with Gasteiger partial charge in [0.2, 0.25) is 0 Å². The standard InChI is InChI=1S/C13H16N2O3/c1-2-15(8-9-3-4-9)12(16)11-6-5-10(7-14-11)13(17)18/h5-7,9H,2-4,8H2,1H3,(H,17,18). The van der Waals surface area contributed by atoms with E-state index in [1.807, 2.05) is 6.92 Å². The lowest BCUT2D eigenvalue weighted by atomic mass is 10.2. The van der Waals surface area contributed by atoms with Gasteiger partial charge in [0.05, 0.1) is 5.56 Å². The average molecular weight is 248 g/mol. The summed E-state index contributed by atoms with van der Waals surface area (Å²) < 4.78 is 0. The molecule has 0 unspecified atom stereocenters. The fraction of sp³-hybridized carbons (Fsp3) is 0.462. The molecule has 2 rings (SSSR count). The second-order valence-corrected chi connectivity index (χ2v) is 4.52. The molecule has 1 saturated carbocycles. The van der Waals surface area contributed by atoms with Crippen LogP contribution in [0.4, 0.5) is 0 Å². The van der Waals surface area contributed by atoms with Gasteiger partial charge in [-0.2, -0.15) is 0 Å². The van der Waals surface area contributed by atoms with Crippen molar-refractivity contribution in [2.45, 2.75) is 19.8 Å². The lowest BCUT2D eigenvalue weighted by Gasteiger charge is -2.20. The summed E-state index contributed by atoms with van der Waals surface area (Å²) in [4.78, 5) is 28.5. The molecule has 5 nitrogen and oxygen atoms in total. The van der Waals surface area contributed by atoms with Crippen LogP contribution in [0.5, 0.6) is 0 Å². The van der Waals surface area contributed by atoms with Crippen LogP contribution in [0.25, 0.3) is 0 Å². The highest BCUT2D eigenvalue weighted by molar-refractivity contribution is 5.93. The van der Waals surface area contributed by atoms with Gasteiger partial charge in [0.15, 0.2) is 0 Å². The molecule has 1 aliphatic rings. The Hall–Kier alpha value is -1.91. The number of carbonyl (C=O) groups is 2. The van der Waals surface area contributed by atoms with Crippen LogP contribution in [0.1, 0.15) is 40.6 Å². The number of aromatic carboxylic acids is 1. The number of carboxylic acid groups (broad SMARTS) is 1. The Kier molecular flexibility index (Phi) is 3.60. The number of amides is 1. The number of rotatable bonds is 5. The first-order valence-electron chi connectivity index (χ1n) is 6.10. The Morgan fingerprint density at radius 3 is 2.61 bits per heavy atom. The molecule has 0 radical (unpaired) electrons. The van der Waals surface area contributed by atoms with E-state index in [1.165, 1.54) is 31.2 Å². The van der Waals surface area contributed by atoms with Gasteiger partial charge in [-0.05, 0) is 37.8 Å². The minimum absolute atomic E-state index is 0.0943. The second kappa shape index (κ2) is 5.16. The summed E-state index contributed by atoms with van der Waals surface area (Å²) in [7, 11) is 0. The van der Waals surface area contributed by atoms with Gasteiger partial charge >= 0.3 is 5.97 Å². The zero-order valence-corrected chi connectivity index (χ0v) is 10.3. The first-order valence-corrected chi connectivity index (χ1v) is 6.10. The Labute approximate surface area is 105 Å². The Morgan fingerprint density at radius 2 is 2.17 bits per heavy atom. The molecule has 1 amide bonds. The zero-order valence-electron chi connectivity index (χ0n) is 10.3. The van der Waals surface area contributed by atoms with Gasteiger partial charge in [0.1, 0.15) is 5.69 Å². The van der Waals surface area contributed by atoms with Gasteiger partial charge in [0, 0.05) is 19.3 Å². The SMILES string of the molecule is CCN(CC1CC1)C(=O)c1ccc(C(=O)O)cn1. The molecule has 5 heteroatoms. The van der Waals surface area contributed by atoms with Gasteiger partial charge in [-0.25, -0.2) is 4.79 Å². The normalized spacial score (nSPS) is 14.3. The molecule has 0 aliphatic heterocycles. The zero-order chi connectivity index (χ0) is 13.1. The van der Waals surface area contributed by atoms with Gasteiger partial charge in [0.25, 0.3) is 5.91 Å². The fourth-order valence-electron chi connectivity index (χ4n) is 1.78. The van der Waals surface area contributed by atoms with Gasteiger partial charge in [-0.3, -0.25) is 9.78 Å². The van der Waals surface area contributed by atoms with Crippen molar-refractivity contribution in [3.8, 4) is 0 Å². The van der Waals surface area contributed by atoms with Crippen molar-refractivity contribution in [2.24, 2.45) is 5.92 Å². The summed E-state index contributed by atoms with van der Waals surface area (Å²) in [5, 5.41) is 8.76. The van der Waals surface area contributed by atoms with E-state index in [-0.39, 0.29) is 11.5 Å². The number of pyridine rings is 1. The molecule has 1 N–H and O–H groups in total. The van der Waals surface area contributed by atoms with Gasteiger partial charge in [-0.15, -0.1) is 0 Å². The summed E-state index contributed by atoms with van der Waals surface area (Å²) in [6.07, 6.45) is 3.60. The highest BCUT2D eigenvalue weighted by atomic mass is 16.4. The van der Waals surface area contributed by atoms with Crippen molar-refractivity contribution in [1.82, 2.24) is 9.88 Å². The molecule has 0 bridgehead atoms. The number of carbonyl (C=O) groups excluding carboxylic acids is 1. The number of hydrogen-bond donors (Lipinski definition) is 1. The largest absolute Gasteiger partial charge is 0.478 e. The van der Waals surface area contributed by atoms with Gasteiger partial charge < -0.3 is 10.0 Å². The van der Waals surface area contributed by atoms with Crippen LogP contribution >= 0.6 is 0 Å². The molecule has 1 fully saturated rings. The van der Waals surface area contributed by atoms with E-state index in [1.54, 1.807) is 4.90 Å². The van der Waals surface area contributed by atoms with E-state index < -0.39 is 5.97 Å². The van der Waals surface area contributed by atoms with Crippen LogP contribution in [0.15, 0.2) is 18.3 Å². The molecule has 1 aromatic heterocycles. The Balaban J connectivity index is 2.08. The second-order valence-electron chi connectivity index (χ2n) is 4.52. The summed E-state index contributed by atoms with van der Waals surface area (Å²) >= 11 is 0. The third-order valence-corrected chi connectivity index (χ3v) is 3.07. The van der Waals surface area contributed by atoms with Crippen LogP contribution in [0.3, 0.4) is 0 Å². The molecule has 0 aromatic carbocycles. The van der Waals surface area contributed by atoms with Crippen LogP contribution in [0.2, 0.25) is 0 Å². The van der Waals surface area contributed by atoms with E-state index >= 15 is 0 Å². The Morgan fingerprint density at radius 1 is 1.44 bits per heavy atom. The van der Waals surface area contributed by atoms with E-state index in [9.17, 15) is 9.59 Å². The predicted octanol–water partition coefficient (Wildman–Crippen LogP) is 1.65. The molecule has 18 heavy (non-hydrogen) atoms. The molecular formula is C13H16N2O3. The molecule has 0 spiro atoms. The molecule has 1 aromatic rings. The first kappa shape index (κ1) is 12.5. The molecular weight excluding hydrogens is 232 g/mol. The topological polar surface area (TPSA) is 70.5 Å². The molecule has 1 heterocycles. The van der Waals surface area contributed by atoms with E-state index in [4.69, 9.17) is 5.11 Å². The number of aromatic nitrogens is 1. The third kappa shape index (κ3) is 2.85. The predicted molar refractivity (Wildman–Crippen MR) is 65.5 cm³/mol. The maximum absolute atomic E-state index is 12.1. The van der Waals surface area contributed by atoms with E-state index in [2.05, 4.69) is 4.98 Å². The maximum Gasteiger partial charge on any atom is 0.337 e. The Bertz CT molecular complexity index is 452. The van der Waals surface area contributed by atoms with E-state index in [0.29, 0.717) is 18.2 Å². The van der Waals surface area contributed by atoms with E-state index in [0.717, 1.165) is 6.54 Å². The van der Waals surface area contributed by atoms with Crippen molar-refractivity contribution < 1.29 is 14.7 Å². The van der Waals surface area contributed by atoms with Gasteiger partial charge in [-0.1, -0.05) is 0 Å². The third-order valence-electron chi connectivity index (χ3n) is 3.07. The lowest BCUT2D eigenvalue weighted by Crippen LogP contribution is -2.33. The van der Waals surface area contributed by atoms with Crippen molar-refractivity contribution in [3.63, 3.8) is 0 Å². The fourth-order valence-corrected chi connectivity index (χ4v) is 1.78. The average Bonchev–Trinajstić information content (AvgIpc) is 3.19. The van der Waals surface area contributed by atoms with Crippen LogP contribution in [-0.4, -0.2) is 40.0 Å². The van der Waals surface area contributed by atoms with Crippen LogP contribution in [-0.2, 0) is 0 Å². The molecule has 0 atom stereocenters. The van der Waals surface area contributed by atoms with Crippen molar-refractivity contribution in [2.75, 3.05) is 13.1 Å². The molecule has 96 valence electrons. The summed E-state index contributed by atoms with van der Waals surface area (Å²) in [6, 6.07) is 2.88. The summed E-state index contributed by atoms with van der Waals surface area (Å²) in [5.74, 6) is -0.527. The number of carboxylic acids is 1. The van der Waals surface area contributed by atoms with Crippen LogP contribution < -0.4 is 0 Å². The lowest BCUT2D eigenvalue weighted by molar-refractivity contribution is 0.0692. The minimum atomic E-state index is -1.04. The van der Waals surface area contributed by atoms with Crippen molar-refractivity contribution in [1.29, 1.82) is 0 Å². The van der Waals surface area contributed by atoms with Crippen molar-refractivity contribution >= 4 is 11.9 Å².